The molecule has 1 unspecified atom stereocenters. The SMILES string of the molecule is CC1CCCCN1Cc1oc2ccccc2c1C(=O)NN. The van der Waals surface area contributed by atoms with Crippen LogP contribution in [0.2, 0.25) is 0 Å². The third-order valence-electron chi connectivity index (χ3n) is 4.31. The molecule has 5 heteroatoms. The molecule has 1 atom stereocenters. The molecule has 2 aromatic rings. The number of likely N-dealkylation sites (tertiary alicyclic amines) is 1. The summed E-state index contributed by atoms with van der Waals surface area (Å²) in [6, 6.07) is 8.10. The Morgan fingerprint density at radius 1 is 1.43 bits per heavy atom. The van der Waals surface area contributed by atoms with Gasteiger partial charge >= 0.3 is 0 Å². The van der Waals surface area contributed by atoms with E-state index in [9.17, 15) is 4.79 Å². The van der Waals surface area contributed by atoms with Gasteiger partial charge in [0, 0.05) is 11.4 Å². The van der Waals surface area contributed by atoms with E-state index in [1.807, 2.05) is 24.3 Å². The van der Waals surface area contributed by atoms with Crippen LogP contribution in [0.25, 0.3) is 11.0 Å². The van der Waals surface area contributed by atoms with Crippen LogP contribution in [0.3, 0.4) is 0 Å². The molecular weight excluding hydrogens is 266 g/mol. The summed E-state index contributed by atoms with van der Waals surface area (Å²) >= 11 is 0. The maximum absolute atomic E-state index is 12.1. The van der Waals surface area contributed by atoms with Gasteiger partial charge in [-0.15, -0.1) is 0 Å². The van der Waals surface area contributed by atoms with Crippen molar-refractivity contribution in [3.05, 3.63) is 35.6 Å². The number of carbonyl (C=O) groups is 1. The molecule has 0 saturated carbocycles. The number of hydrazine groups is 1. The van der Waals surface area contributed by atoms with Crippen molar-refractivity contribution in [3.8, 4) is 0 Å². The predicted molar refractivity (Wildman–Crippen MR) is 81.6 cm³/mol. The fourth-order valence-corrected chi connectivity index (χ4v) is 3.11. The molecule has 0 radical (unpaired) electrons. The zero-order chi connectivity index (χ0) is 14.8. The molecule has 2 heterocycles. The molecule has 1 saturated heterocycles. The first kappa shape index (κ1) is 14.1. The summed E-state index contributed by atoms with van der Waals surface area (Å²) in [6.07, 6.45) is 3.66. The van der Waals surface area contributed by atoms with Crippen LogP contribution in [0, 0.1) is 0 Å². The van der Waals surface area contributed by atoms with E-state index in [1.165, 1.54) is 19.3 Å². The van der Waals surface area contributed by atoms with Crippen molar-refractivity contribution < 1.29 is 9.21 Å². The van der Waals surface area contributed by atoms with E-state index in [1.54, 1.807) is 0 Å². The maximum atomic E-state index is 12.1. The highest BCUT2D eigenvalue weighted by Gasteiger charge is 2.25. The molecule has 0 bridgehead atoms. The number of nitrogens with zero attached hydrogens (tertiary/aromatic N) is 1. The van der Waals surface area contributed by atoms with Gasteiger partial charge < -0.3 is 4.42 Å². The van der Waals surface area contributed by atoms with E-state index in [0.717, 1.165) is 17.5 Å². The fraction of sp³-hybridized carbons (Fsp3) is 0.438. The van der Waals surface area contributed by atoms with Crippen LogP contribution in [0.4, 0.5) is 0 Å². The summed E-state index contributed by atoms with van der Waals surface area (Å²) in [5, 5.41) is 0.820. The van der Waals surface area contributed by atoms with Gasteiger partial charge in [0.1, 0.15) is 11.3 Å². The van der Waals surface area contributed by atoms with E-state index in [0.29, 0.717) is 23.9 Å². The molecular formula is C16H21N3O2. The molecule has 21 heavy (non-hydrogen) atoms. The van der Waals surface area contributed by atoms with Crippen molar-refractivity contribution in [3.63, 3.8) is 0 Å². The summed E-state index contributed by atoms with van der Waals surface area (Å²) in [6.45, 7) is 3.92. The van der Waals surface area contributed by atoms with E-state index in [-0.39, 0.29) is 5.91 Å². The fourth-order valence-electron chi connectivity index (χ4n) is 3.11. The van der Waals surface area contributed by atoms with Crippen LogP contribution in [0.15, 0.2) is 28.7 Å². The van der Waals surface area contributed by atoms with Crippen LogP contribution in [-0.2, 0) is 6.54 Å². The first-order chi connectivity index (χ1) is 10.2. The number of nitrogen functional groups attached to an aromatic ring is 1. The summed E-state index contributed by atoms with van der Waals surface area (Å²) in [5.74, 6) is 5.74. The van der Waals surface area contributed by atoms with Crippen molar-refractivity contribution in [2.24, 2.45) is 5.84 Å². The standard InChI is InChI=1S/C16H21N3O2/c1-11-6-4-5-9-19(11)10-14-15(16(20)18-17)12-7-2-3-8-13(12)21-14/h2-3,7-8,11H,4-6,9-10,17H2,1H3,(H,18,20). The van der Waals surface area contributed by atoms with Gasteiger partial charge in [-0.1, -0.05) is 24.6 Å². The van der Waals surface area contributed by atoms with Crippen LogP contribution in [0.1, 0.15) is 42.3 Å². The van der Waals surface area contributed by atoms with Crippen molar-refractivity contribution >= 4 is 16.9 Å². The minimum Gasteiger partial charge on any atom is -0.459 e. The van der Waals surface area contributed by atoms with Gasteiger partial charge in [0.2, 0.25) is 0 Å². The summed E-state index contributed by atoms with van der Waals surface area (Å²) in [5.41, 5.74) is 3.52. The lowest BCUT2D eigenvalue weighted by molar-refractivity contribution is 0.0947. The summed E-state index contributed by atoms with van der Waals surface area (Å²) < 4.78 is 5.92. The highest BCUT2D eigenvalue weighted by Crippen LogP contribution is 2.28. The number of fused-ring (bicyclic) bond motifs is 1. The Labute approximate surface area is 124 Å². The van der Waals surface area contributed by atoms with Crippen molar-refractivity contribution in [2.75, 3.05) is 6.54 Å². The Morgan fingerprint density at radius 3 is 3.00 bits per heavy atom. The number of furan rings is 1. The Morgan fingerprint density at radius 2 is 2.24 bits per heavy atom. The third-order valence-corrected chi connectivity index (χ3v) is 4.31. The molecule has 1 aromatic heterocycles. The zero-order valence-corrected chi connectivity index (χ0v) is 12.3. The van der Waals surface area contributed by atoms with Gasteiger partial charge in [0.25, 0.3) is 5.91 Å². The smallest absolute Gasteiger partial charge is 0.269 e. The quantitative estimate of drug-likeness (QED) is 0.516. The largest absolute Gasteiger partial charge is 0.459 e. The Hall–Kier alpha value is -1.85. The predicted octanol–water partition coefficient (Wildman–Crippen LogP) is 2.41. The monoisotopic (exact) mass is 287 g/mol. The Bertz CT molecular complexity index is 650. The lowest BCUT2D eigenvalue weighted by Crippen LogP contribution is -2.37. The molecule has 3 N–H and O–H groups in total. The van der Waals surface area contributed by atoms with E-state index in [2.05, 4.69) is 17.2 Å². The van der Waals surface area contributed by atoms with Gasteiger partial charge in [0.15, 0.2) is 0 Å². The zero-order valence-electron chi connectivity index (χ0n) is 12.3. The molecule has 1 aliphatic rings. The van der Waals surface area contributed by atoms with Gasteiger partial charge in [-0.2, -0.15) is 0 Å². The Balaban J connectivity index is 1.98. The molecule has 1 aromatic carbocycles. The van der Waals surface area contributed by atoms with Crippen molar-refractivity contribution in [2.45, 2.75) is 38.8 Å². The van der Waals surface area contributed by atoms with E-state index < -0.39 is 0 Å². The summed E-state index contributed by atoms with van der Waals surface area (Å²) in [7, 11) is 0. The molecule has 1 amide bonds. The number of hydrogen-bond acceptors (Lipinski definition) is 4. The van der Waals surface area contributed by atoms with Crippen molar-refractivity contribution in [1.82, 2.24) is 10.3 Å². The number of benzene rings is 1. The number of rotatable bonds is 3. The first-order valence-electron chi connectivity index (χ1n) is 7.46. The number of amides is 1. The normalized spacial score (nSPS) is 19.8. The lowest BCUT2D eigenvalue weighted by atomic mass is 10.0. The highest BCUT2D eigenvalue weighted by molar-refractivity contribution is 6.07. The van der Waals surface area contributed by atoms with Crippen molar-refractivity contribution in [1.29, 1.82) is 0 Å². The number of nitrogens with one attached hydrogen (secondary N) is 1. The van der Waals surface area contributed by atoms with Crippen LogP contribution in [-0.4, -0.2) is 23.4 Å². The molecule has 112 valence electrons. The first-order valence-corrected chi connectivity index (χ1v) is 7.46. The van der Waals surface area contributed by atoms with Gasteiger partial charge in [-0.25, -0.2) is 5.84 Å². The number of hydrogen-bond donors (Lipinski definition) is 2. The number of nitrogens with two attached hydrogens (primary N) is 1. The number of carbonyl (C=O) groups excluding carboxylic acids is 1. The average Bonchev–Trinajstić information content (AvgIpc) is 2.87. The minimum atomic E-state index is -0.292. The summed E-state index contributed by atoms with van der Waals surface area (Å²) in [4.78, 5) is 14.5. The second-order valence-electron chi connectivity index (χ2n) is 5.69. The minimum absolute atomic E-state index is 0.292. The number of piperidine rings is 1. The molecule has 0 aliphatic carbocycles. The van der Waals surface area contributed by atoms with Gasteiger partial charge in [-0.05, 0) is 32.4 Å². The molecule has 5 nitrogen and oxygen atoms in total. The van der Waals surface area contributed by atoms with E-state index >= 15 is 0 Å². The van der Waals surface area contributed by atoms with Gasteiger partial charge in [-0.3, -0.25) is 15.1 Å². The van der Waals surface area contributed by atoms with E-state index in [4.69, 9.17) is 10.3 Å². The lowest BCUT2D eigenvalue weighted by Gasteiger charge is -2.32. The average molecular weight is 287 g/mol. The second kappa shape index (κ2) is 5.87. The van der Waals surface area contributed by atoms with Crippen LogP contribution < -0.4 is 11.3 Å². The second-order valence-corrected chi connectivity index (χ2v) is 5.69. The van der Waals surface area contributed by atoms with Crippen LogP contribution >= 0.6 is 0 Å². The molecule has 3 rings (SSSR count). The molecule has 1 fully saturated rings. The molecule has 1 aliphatic heterocycles. The van der Waals surface area contributed by atoms with Crippen LogP contribution in [0.5, 0.6) is 0 Å². The highest BCUT2D eigenvalue weighted by atomic mass is 16.3. The Kier molecular flexibility index (Phi) is 3.94. The molecule has 0 spiro atoms. The third kappa shape index (κ3) is 2.66. The number of para-hydroxylation sites is 1. The van der Waals surface area contributed by atoms with Gasteiger partial charge in [0.05, 0.1) is 12.1 Å². The maximum Gasteiger partial charge on any atom is 0.269 e. The topological polar surface area (TPSA) is 71.5 Å².